The summed E-state index contributed by atoms with van der Waals surface area (Å²) in [5, 5.41) is 0. The number of ether oxygens (including phenoxy) is 1. The summed E-state index contributed by atoms with van der Waals surface area (Å²) in [5.74, 6) is 0.350. The fraction of sp³-hybridized carbons (Fsp3) is 0.391. The fourth-order valence-corrected chi connectivity index (χ4v) is 4.48. The van der Waals surface area contributed by atoms with Crippen LogP contribution in [0.2, 0.25) is 0 Å². The normalized spacial score (nSPS) is 16.1. The smallest absolute Gasteiger partial charge is 0.271 e. The number of amides is 2. The molecule has 3 heterocycles. The van der Waals surface area contributed by atoms with Crippen LogP contribution in [0.1, 0.15) is 58.3 Å². The molecule has 1 atom stereocenters. The first-order valence-corrected chi connectivity index (χ1v) is 10.5. The number of carbonyl (C=O) groups excluding carboxylic acids is 2. The summed E-state index contributed by atoms with van der Waals surface area (Å²) in [6, 6.07) is 8.06. The van der Waals surface area contributed by atoms with Gasteiger partial charge in [0, 0.05) is 24.4 Å². The predicted molar refractivity (Wildman–Crippen MR) is 116 cm³/mol. The highest BCUT2D eigenvalue weighted by atomic mass is 16.5. The van der Waals surface area contributed by atoms with Crippen LogP contribution in [0.25, 0.3) is 5.65 Å². The highest BCUT2D eigenvalue weighted by molar-refractivity contribution is 5.96. The van der Waals surface area contributed by atoms with Crippen molar-refractivity contribution in [3.8, 4) is 5.75 Å². The van der Waals surface area contributed by atoms with E-state index in [2.05, 4.69) is 9.97 Å². The molecule has 2 amide bonds. The quantitative estimate of drug-likeness (QED) is 0.659. The first kappa shape index (κ1) is 20.8. The van der Waals surface area contributed by atoms with E-state index in [1.807, 2.05) is 43.0 Å². The molecule has 0 bridgehead atoms. The minimum absolute atomic E-state index is 0.105. The molecule has 8 nitrogen and oxygen atoms in total. The van der Waals surface area contributed by atoms with Crippen molar-refractivity contribution < 1.29 is 14.3 Å². The number of rotatable bonds is 6. The lowest BCUT2D eigenvalue weighted by atomic mass is 10.0. The number of benzene rings is 1. The van der Waals surface area contributed by atoms with Crippen LogP contribution in [0.5, 0.6) is 5.75 Å². The Morgan fingerprint density at radius 1 is 1.23 bits per heavy atom. The molecule has 8 heteroatoms. The molecule has 2 N–H and O–H groups in total. The zero-order valence-electron chi connectivity index (χ0n) is 18.1. The minimum atomic E-state index is -0.602. The summed E-state index contributed by atoms with van der Waals surface area (Å²) in [4.78, 5) is 35.3. The molecule has 0 saturated carbocycles. The number of methoxy groups -OCH3 is 1. The highest BCUT2D eigenvalue weighted by Crippen LogP contribution is 2.33. The molecule has 4 rings (SSSR count). The third-order valence-electron chi connectivity index (χ3n) is 6.15. The third-order valence-corrected chi connectivity index (χ3v) is 6.15. The van der Waals surface area contributed by atoms with Gasteiger partial charge in [0.05, 0.1) is 13.2 Å². The Kier molecular flexibility index (Phi) is 5.63. The summed E-state index contributed by atoms with van der Waals surface area (Å²) >= 11 is 0. The van der Waals surface area contributed by atoms with Crippen molar-refractivity contribution in [2.45, 2.75) is 45.6 Å². The number of carbonyl (C=O) groups is 2. The lowest BCUT2D eigenvalue weighted by Crippen LogP contribution is -2.30. The van der Waals surface area contributed by atoms with Gasteiger partial charge >= 0.3 is 0 Å². The molecule has 162 valence electrons. The van der Waals surface area contributed by atoms with Crippen molar-refractivity contribution in [1.82, 2.24) is 19.3 Å². The molecule has 2 aromatic heterocycles. The molecular weight excluding hydrogens is 394 g/mol. The van der Waals surface area contributed by atoms with Gasteiger partial charge in [-0.1, -0.05) is 12.1 Å². The van der Waals surface area contributed by atoms with Gasteiger partial charge in [0.2, 0.25) is 5.91 Å². The summed E-state index contributed by atoms with van der Waals surface area (Å²) < 4.78 is 7.01. The van der Waals surface area contributed by atoms with E-state index in [1.165, 1.54) is 0 Å². The van der Waals surface area contributed by atoms with Crippen LogP contribution in [0.4, 0.5) is 0 Å². The Labute approximate surface area is 181 Å². The zero-order valence-corrected chi connectivity index (χ0v) is 18.1. The number of hydrogen-bond acceptors (Lipinski definition) is 5. The van der Waals surface area contributed by atoms with Crippen LogP contribution in [0.15, 0.2) is 30.6 Å². The molecule has 0 radical (unpaired) electrons. The Morgan fingerprint density at radius 3 is 2.65 bits per heavy atom. The molecule has 1 aliphatic rings. The van der Waals surface area contributed by atoms with Crippen LogP contribution in [0, 0.1) is 13.8 Å². The van der Waals surface area contributed by atoms with Crippen LogP contribution in [-0.4, -0.2) is 44.7 Å². The van der Waals surface area contributed by atoms with E-state index < -0.39 is 5.91 Å². The number of fused-ring (bicyclic) bond motifs is 1. The second-order valence-corrected chi connectivity index (χ2v) is 7.93. The van der Waals surface area contributed by atoms with Gasteiger partial charge in [0.1, 0.15) is 12.1 Å². The number of hydrogen-bond donors (Lipinski definition) is 1. The Bertz CT molecular complexity index is 1140. The first-order chi connectivity index (χ1) is 14.9. The topological polar surface area (TPSA) is 103 Å². The molecule has 1 aromatic carbocycles. The van der Waals surface area contributed by atoms with Crippen LogP contribution in [-0.2, 0) is 11.2 Å². The molecule has 0 spiro atoms. The first-order valence-electron chi connectivity index (χ1n) is 10.5. The number of nitrogens with zero attached hydrogens (tertiary/aromatic N) is 4. The lowest BCUT2D eigenvalue weighted by molar-refractivity contribution is -0.132. The molecule has 3 aromatic rings. The largest absolute Gasteiger partial charge is 0.497 e. The van der Waals surface area contributed by atoms with Crippen molar-refractivity contribution in [3.63, 3.8) is 0 Å². The van der Waals surface area contributed by atoms with Crippen LogP contribution in [0.3, 0.4) is 0 Å². The molecule has 0 unspecified atom stereocenters. The second kappa shape index (κ2) is 8.37. The minimum Gasteiger partial charge on any atom is -0.497 e. The Balaban J connectivity index is 1.51. The zero-order chi connectivity index (χ0) is 22.1. The molecule has 1 aliphatic heterocycles. The predicted octanol–water partition coefficient (Wildman–Crippen LogP) is 2.75. The van der Waals surface area contributed by atoms with Crippen molar-refractivity contribution in [3.05, 3.63) is 58.8 Å². The summed E-state index contributed by atoms with van der Waals surface area (Å²) in [6.45, 7) is 4.61. The van der Waals surface area contributed by atoms with E-state index in [0.717, 1.165) is 47.7 Å². The van der Waals surface area contributed by atoms with E-state index >= 15 is 0 Å². The number of nitrogens with two attached hydrogens (primary N) is 1. The van der Waals surface area contributed by atoms with Gasteiger partial charge in [-0.2, -0.15) is 0 Å². The lowest BCUT2D eigenvalue weighted by Gasteiger charge is -2.25. The van der Waals surface area contributed by atoms with E-state index in [9.17, 15) is 9.59 Å². The summed E-state index contributed by atoms with van der Waals surface area (Å²) in [7, 11) is 1.65. The van der Waals surface area contributed by atoms with E-state index in [0.29, 0.717) is 18.5 Å². The maximum Gasteiger partial charge on any atom is 0.271 e. The molecule has 31 heavy (non-hydrogen) atoms. The average molecular weight is 422 g/mol. The second-order valence-electron chi connectivity index (χ2n) is 7.93. The van der Waals surface area contributed by atoms with E-state index in [4.69, 9.17) is 10.5 Å². The van der Waals surface area contributed by atoms with Crippen LogP contribution >= 0.6 is 0 Å². The van der Waals surface area contributed by atoms with E-state index in [-0.39, 0.29) is 17.6 Å². The Morgan fingerprint density at radius 2 is 1.97 bits per heavy atom. The highest BCUT2D eigenvalue weighted by Gasteiger charge is 2.30. The van der Waals surface area contributed by atoms with Crippen molar-refractivity contribution in [2.75, 3.05) is 13.7 Å². The van der Waals surface area contributed by atoms with Gasteiger partial charge < -0.3 is 15.4 Å². The van der Waals surface area contributed by atoms with Gasteiger partial charge in [0.15, 0.2) is 11.3 Å². The number of aromatic nitrogens is 3. The van der Waals surface area contributed by atoms with Gasteiger partial charge in [0.25, 0.3) is 5.91 Å². The monoisotopic (exact) mass is 421 g/mol. The molecular formula is C23H27N5O3. The molecule has 1 saturated heterocycles. The van der Waals surface area contributed by atoms with E-state index in [1.54, 1.807) is 17.8 Å². The average Bonchev–Trinajstić information content (AvgIpc) is 3.41. The van der Waals surface area contributed by atoms with Gasteiger partial charge in [-0.3, -0.25) is 14.0 Å². The SMILES string of the molecule is COc1ccc([C@@H]2CCCN2C(=O)CCc2c(C)nc3c(C(N)=O)ncn3c2C)cc1. The molecule has 0 aliphatic carbocycles. The third kappa shape index (κ3) is 3.85. The number of likely N-dealkylation sites (tertiary alicyclic amines) is 1. The standard InChI is InChI=1S/C23H27N5O3/c1-14-18(15(2)28-13-25-21(22(24)30)23(28)26-14)10-11-20(29)27-12-4-5-19(27)16-6-8-17(31-3)9-7-16/h6-9,13,19H,4-5,10-12H2,1-3H3,(H2,24,30)/t19-/m0/s1. The van der Waals surface area contributed by atoms with Gasteiger partial charge in [-0.05, 0) is 56.4 Å². The number of primary amides is 1. The maximum absolute atomic E-state index is 13.1. The van der Waals surface area contributed by atoms with Crippen molar-refractivity contribution in [2.24, 2.45) is 5.73 Å². The summed E-state index contributed by atoms with van der Waals surface area (Å²) in [6.07, 6.45) is 4.50. The fourth-order valence-electron chi connectivity index (χ4n) is 4.48. The van der Waals surface area contributed by atoms with Crippen molar-refractivity contribution >= 4 is 17.5 Å². The van der Waals surface area contributed by atoms with Crippen LogP contribution < -0.4 is 10.5 Å². The Hall–Kier alpha value is -3.42. The van der Waals surface area contributed by atoms with Crippen molar-refractivity contribution in [1.29, 1.82) is 0 Å². The van der Waals surface area contributed by atoms with Gasteiger partial charge in [-0.15, -0.1) is 0 Å². The van der Waals surface area contributed by atoms with Gasteiger partial charge in [-0.25, -0.2) is 9.97 Å². The number of aryl methyl sites for hydroxylation is 2. The maximum atomic E-state index is 13.1. The number of imidazole rings is 1. The summed E-state index contributed by atoms with van der Waals surface area (Å²) in [5.41, 5.74) is 9.85. The molecule has 1 fully saturated rings.